The van der Waals surface area contributed by atoms with Crippen molar-refractivity contribution in [1.29, 1.82) is 0 Å². The number of para-hydroxylation sites is 2. The minimum atomic E-state index is -0.631. The summed E-state index contributed by atoms with van der Waals surface area (Å²) in [7, 11) is 3.10. The van der Waals surface area contributed by atoms with Crippen LogP contribution in [0.3, 0.4) is 0 Å². The summed E-state index contributed by atoms with van der Waals surface area (Å²) >= 11 is 0. The Labute approximate surface area is 172 Å². The maximum Gasteiger partial charge on any atom is 0.316 e. The first-order valence-electron chi connectivity index (χ1n) is 9.31. The lowest BCUT2D eigenvalue weighted by Gasteiger charge is -2.33. The third kappa shape index (κ3) is 3.69. The average molecular weight is 408 g/mol. The number of piperazine rings is 1. The van der Waals surface area contributed by atoms with E-state index in [2.05, 4.69) is 10.1 Å². The number of aromatic nitrogens is 2. The van der Waals surface area contributed by atoms with Crippen LogP contribution in [0.5, 0.6) is 11.5 Å². The summed E-state index contributed by atoms with van der Waals surface area (Å²) in [5.41, 5.74) is 1.30. The lowest BCUT2D eigenvalue weighted by Crippen LogP contribution is -2.54. The molecule has 0 aliphatic carbocycles. The topological polar surface area (TPSA) is 98.0 Å². The van der Waals surface area contributed by atoms with Gasteiger partial charge in [-0.3, -0.25) is 14.5 Å². The van der Waals surface area contributed by atoms with Crippen molar-refractivity contribution in [2.75, 3.05) is 32.2 Å². The molecule has 4 rings (SSSR count). The van der Waals surface area contributed by atoms with Crippen LogP contribution in [0, 0.1) is 0 Å². The fraction of sp³-hybridized carbons (Fsp3) is 0.238. The van der Waals surface area contributed by atoms with E-state index in [4.69, 9.17) is 14.0 Å². The second-order valence-electron chi connectivity index (χ2n) is 6.60. The van der Waals surface area contributed by atoms with E-state index in [1.54, 1.807) is 37.4 Å². The molecule has 0 spiro atoms. The standard InChI is InChI=1S/C21H20N4O5/c1-28-15-7-5-6-14(12-15)19-22-18(30-23-19)13-24-10-11-25(21(27)20(24)26)16-8-3-4-9-17(16)29-2/h3-9,12H,10-11,13H2,1-2H3. The Kier molecular flexibility index (Phi) is 5.34. The fourth-order valence-electron chi connectivity index (χ4n) is 3.27. The molecule has 2 aromatic carbocycles. The zero-order valence-electron chi connectivity index (χ0n) is 16.6. The molecule has 9 nitrogen and oxygen atoms in total. The summed E-state index contributed by atoms with van der Waals surface area (Å²) in [5, 5.41) is 3.97. The highest BCUT2D eigenvalue weighted by atomic mass is 16.5. The van der Waals surface area contributed by atoms with E-state index in [0.717, 1.165) is 5.56 Å². The van der Waals surface area contributed by atoms with Crippen molar-refractivity contribution < 1.29 is 23.6 Å². The molecule has 0 unspecified atom stereocenters. The number of anilines is 1. The highest BCUT2D eigenvalue weighted by molar-refractivity contribution is 6.41. The molecule has 0 atom stereocenters. The van der Waals surface area contributed by atoms with Crippen LogP contribution in [-0.2, 0) is 16.1 Å². The normalized spacial score (nSPS) is 14.2. The molecule has 1 saturated heterocycles. The van der Waals surface area contributed by atoms with Crippen LogP contribution in [-0.4, -0.2) is 54.2 Å². The van der Waals surface area contributed by atoms with Gasteiger partial charge >= 0.3 is 11.8 Å². The third-order valence-electron chi connectivity index (χ3n) is 4.81. The molecule has 2 heterocycles. The van der Waals surface area contributed by atoms with Gasteiger partial charge in [-0.2, -0.15) is 4.98 Å². The zero-order valence-corrected chi connectivity index (χ0v) is 16.6. The monoisotopic (exact) mass is 408 g/mol. The van der Waals surface area contributed by atoms with E-state index in [1.165, 1.54) is 16.9 Å². The van der Waals surface area contributed by atoms with Gasteiger partial charge in [-0.25, -0.2) is 0 Å². The maximum atomic E-state index is 12.7. The lowest BCUT2D eigenvalue weighted by atomic mass is 10.2. The summed E-state index contributed by atoms with van der Waals surface area (Å²) in [5.74, 6) is 0.584. The van der Waals surface area contributed by atoms with Crippen molar-refractivity contribution in [1.82, 2.24) is 15.0 Å². The van der Waals surface area contributed by atoms with Gasteiger partial charge in [0.25, 0.3) is 0 Å². The van der Waals surface area contributed by atoms with Crippen LogP contribution in [0.2, 0.25) is 0 Å². The molecular formula is C21H20N4O5. The molecule has 1 aliphatic heterocycles. The Morgan fingerprint density at radius 2 is 1.83 bits per heavy atom. The van der Waals surface area contributed by atoms with Crippen LogP contribution < -0.4 is 14.4 Å². The highest BCUT2D eigenvalue weighted by Gasteiger charge is 2.35. The van der Waals surface area contributed by atoms with Gasteiger partial charge < -0.3 is 18.9 Å². The predicted octanol–water partition coefficient (Wildman–Crippen LogP) is 2.13. The van der Waals surface area contributed by atoms with E-state index >= 15 is 0 Å². The molecule has 3 aromatic rings. The molecule has 1 aliphatic rings. The Hall–Kier alpha value is -3.88. The molecule has 1 aromatic heterocycles. The summed E-state index contributed by atoms with van der Waals surface area (Å²) < 4.78 is 15.8. The number of amides is 2. The fourth-order valence-corrected chi connectivity index (χ4v) is 3.27. The third-order valence-corrected chi connectivity index (χ3v) is 4.81. The van der Waals surface area contributed by atoms with E-state index in [1.807, 2.05) is 18.2 Å². The number of ether oxygens (including phenoxy) is 2. The van der Waals surface area contributed by atoms with Crippen molar-refractivity contribution in [3.8, 4) is 22.9 Å². The van der Waals surface area contributed by atoms with Crippen LogP contribution in [0.15, 0.2) is 53.1 Å². The Morgan fingerprint density at radius 3 is 2.63 bits per heavy atom. The molecule has 0 radical (unpaired) electrons. The quantitative estimate of drug-likeness (QED) is 0.576. The van der Waals surface area contributed by atoms with Gasteiger partial charge in [0.05, 0.1) is 19.9 Å². The summed E-state index contributed by atoms with van der Waals surface area (Å²) in [6.07, 6.45) is 0. The van der Waals surface area contributed by atoms with Crippen LogP contribution >= 0.6 is 0 Å². The van der Waals surface area contributed by atoms with Gasteiger partial charge in [0.1, 0.15) is 18.0 Å². The molecule has 30 heavy (non-hydrogen) atoms. The number of nitrogens with zero attached hydrogens (tertiary/aromatic N) is 4. The van der Waals surface area contributed by atoms with Crippen molar-refractivity contribution in [3.05, 3.63) is 54.4 Å². The molecular weight excluding hydrogens is 388 g/mol. The Morgan fingerprint density at radius 1 is 1.00 bits per heavy atom. The first-order chi connectivity index (χ1) is 14.6. The molecule has 0 bridgehead atoms. The summed E-state index contributed by atoms with van der Waals surface area (Å²) in [6, 6.07) is 14.4. The van der Waals surface area contributed by atoms with Crippen LogP contribution in [0.1, 0.15) is 5.89 Å². The molecule has 154 valence electrons. The van der Waals surface area contributed by atoms with Crippen LogP contribution in [0.4, 0.5) is 5.69 Å². The highest BCUT2D eigenvalue weighted by Crippen LogP contribution is 2.29. The van der Waals surface area contributed by atoms with Gasteiger partial charge in [0, 0.05) is 18.7 Å². The first kappa shape index (κ1) is 19.4. The van der Waals surface area contributed by atoms with Crippen molar-refractivity contribution in [2.24, 2.45) is 0 Å². The second kappa shape index (κ2) is 8.24. The smallest absolute Gasteiger partial charge is 0.316 e. The zero-order chi connectivity index (χ0) is 21.1. The number of carbonyl (C=O) groups is 2. The number of carbonyl (C=O) groups excluding carboxylic acids is 2. The summed E-state index contributed by atoms with van der Waals surface area (Å²) in [6.45, 7) is 0.725. The Balaban J connectivity index is 1.47. The maximum absolute atomic E-state index is 12.7. The SMILES string of the molecule is COc1cccc(-c2noc(CN3CCN(c4ccccc4OC)C(=O)C3=O)n2)c1. The molecule has 2 amide bonds. The number of methoxy groups -OCH3 is 2. The van der Waals surface area contributed by atoms with Gasteiger partial charge in [-0.1, -0.05) is 29.4 Å². The predicted molar refractivity (Wildman–Crippen MR) is 107 cm³/mol. The molecule has 1 fully saturated rings. The average Bonchev–Trinajstić information content (AvgIpc) is 3.26. The minimum absolute atomic E-state index is 0.0569. The Bertz CT molecular complexity index is 1080. The molecule has 9 heteroatoms. The van der Waals surface area contributed by atoms with E-state index in [0.29, 0.717) is 36.1 Å². The number of rotatable bonds is 6. The van der Waals surface area contributed by atoms with Crippen molar-refractivity contribution in [2.45, 2.75) is 6.54 Å². The van der Waals surface area contributed by atoms with Gasteiger partial charge in [-0.15, -0.1) is 0 Å². The van der Waals surface area contributed by atoms with Gasteiger partial charge in [0.2, 0.25) is 11.7 Å². The number of hydrogen-bond acceptors (Lipinski definition) is 7. The van der Waals surface area contributed by atoms with Gasteiger partial charge in [0.15, 0.2) is 0 Å². The first-order valence-corrected chi connectivity index (χ1v) is 9.31. The van der Waals surface area contributed by atoms with Crippen LogP contribution in [0.25, 0.3) is 11.4 Å². The number of benzene rings is 2. The second-order valence-corrected chi connectivity index (χ2v) is 6.60. The number of hydrogen-bond donors (Lipinski definition) is 0. The van der Waals surface area contributed by atoms with Crippen molar-refractivity contribution in [3.63, 3.8) is 0 Å². The molecule has 0 saturated carbocycles. The molecule has 0 N–H and O–H groups in total. The lowest BCUT2D eigenvalue weighted by molar-refractivity contribution is -0.146. The van der Waals surface area contributed by atoms with E-state index < -0.39 is 11.8 Å². The van der Waals surface area contributed by atoms with E-state index in [9.17, 15) is 9.59 Å². The van der Waals surface area contributed by atoms with Gasteiger partial charge in [-0.05, 0) is 24.3 Å². The summed E-state index contributed by atoms with van der Waals surface area (Å²) in [4.78, 5) is 32.5. The van der Waals surface area contributed by atoms with Crippen molar-refractivity contribution >= 4 is 17.5 Å². The minimum Gasteiger partial charge on any atom is -0.497 e. The largest absolute Gasteiger partial charge is 0.497 e. The van der Waals surface area contributed by atoms with E-state index in [-0.39, 0.29) is 12.4 Å².